The fourth-order valence-corrected chi connectivity index (χ4v) is 2.97. The maximum absolute atomic E-state index is 12.4. The van der Waals surface area contributed by atoms with Crippen molar-refractivity contribution in [2.75, 3.05) is 39.3 Å². The van der Waals surface area contributed by atoms with Gasteiger partial charge in [0.05, 0.1) is 18.9 Å². The van der Waals surface area contributed by atoms with Crippen LogP contribution in [0.4, 0.5) is 0 Å². The Labute approximate surface area is 181 Å². The highest BCUT2D eigenvalue weighted by molar-refractivity contribution is 14.0. The first-order valence-electron chi connectivity index (χ1n) is 9.13. The predicted octanol–water partition coefficient (Wildman–Crippen LogP) is 1.75. The maximum atomic E-state index is 12.4. The summed E-state index contributed by atoms with van der Waals surface area (Å²) in [7, 11) is 0. The number of carbonyl (C=O) groups is 1. The second-order valence-corrected chi connectivity index (χ2v) is 6.25. The number of guanidine groups is 1. The van der Waals surface area contributed by atoms with Gasteiger partial charge >= 0.3 is 0 Å². The van der Waals surface area contributed by atoms with Crippen LogP contribution in [0.2, 0.25) is 0 Å². The predicted molar refractivity (Wildman–Crippen MR) is 117 cm³/mol. The third-order valence-electron chi connectivity index (χ3n) is 4.44. The highest BCUT2D eigenvalue weighted by atomic mass is 127. The zero-order valence-corrected chi connectivity index (χ0v) is 18.2. The lowest BCUT2D eigenvalue weighted by molar-refractivity contribution is 0.0657. The van der Waals surface area contributed by atoms with Crippen molar-refractivity contribution in [3.8, 4) is 0 Å². The van der Waals surface area contributed by atoms with E-state index in [1.165, 1.54) is 6.26 Å². The van der Waals surface area contributed by atoms with E-state index in [2.05, 4.69) is 20.2 Å². The Bertz CT molecular complexity index is 746. The van der Waals surface area contributed by atoms with Gasteiger partial charge in [-0.3, -0.25) is 14.8 Å². The number of halogens is 1. The number of aliphatic imine (C=N–C) groups is 1. The van der Waals surface area contributed by atoms with Crippen molar-refractivity contribution < 1.29 is 14.3 Å². The van der Waals surface area contributed by atoms with Crippen LogP contribution in [0.5, 0.6) is 0 Å². The molecule has 1 unspecified atom stereocenters. The molecule has 1 saturated heterocycles. The quantitative estimate of drug-likeness (QED) is 0.370. The summed E-state index contributed by atoms with van der Waals surface area (Å²) >= 11 is 0. The molecule has 0 spiro atoms. The first-order valence-corrected chi connectivity index (χ1v) is 9.13. The van der Waals surface area contributed by atoms with E-state index in [4.69, 9.17) is 4.42 Å². The zero-order valence-electron chi connectivity index (χ0n) is 15.8. The molecule has 3 heterocycles. The van der Waals surface area contributed by atoms with Gasteiger partial charge in [0.15, 0.2) is 11.7 Å². The number of amides is 1. The van der Waals surface area contributed by atoms with Crippen molar-refractivity contribution in [3.63, 3.8) is 0 Å². The average molecular weight is 499 g/mol. The van der Waals surface area contributed by atoms with Gasteiger partial charge in [0.1, 0.15) is 0 Å². The number of piperazine rings is 1. The van der Waals surface area contributed by atoms with E-state index in [0.717, 1.165) is 18.1 Å². The molecule has 1 aliphatic rings. The van der Waals surface area contributed by atoms with E-state index in [-0.39, 0.29) is 36.4 Å². The van der Waals surface area contributed by atoms with E-state index in [0.29, 0.717) is 31.9 Å². The minimum absolute atomic E-state index is 0. The molecular formula is C19H26IN5O3. The molecule has 1 atom stereocenters. The average Bonchev–Trinajstić information content (AvgIpc) is 3.26. The molecule has 2 N–H and O–H groups in total. The SMILES string of the molecule is CCNC(=NCC(O)c1ccncc1)N1CCN(C(=O)c2ccco2)CC1.I. The number of rotatable bonds is 5. The van der Waals surface area contributed by atoms with Crippen LogP contribution in [0, 0.1) is 0 Å². The Morgan fingerprint density at radius 2 is 1.93 bits per heavy atom. The van der Waals surface area contributed by atoms with Crippen LogP contribution >= 0.6 is 24.0 Å². The Hall–Kier alpha value is -2.14. The Balaban J connectivity index is 0.00000280. The third-order valence-corrected chi connectivity index (χ3v) is 4.44. The lowest BCUT2D eigenvalue weighted by Gasteiger charge is -2.36. The van der Waals surface area contributed by atoms with Gasteiger partial charge < -0.3 is 24.6 Å². The van der Waals surface area contributed by atoms with Crippen LogP contribution in [-0.2, 0) is 0 Å². The smallest absolute Gasteiger partial charge is 0.289 e. The van der Waals surface area contributed by atoms with Gasteiger partial charge in [-0.25, -0.2) is 0 Å². The van der Waals surface area contributed by atoms with Gasteiger partial charge in [0.2, 0.25) is 0 Å². The lowest BCUT2D eigenvalue weighted by Crippen LogP contribution is -2.53. The van der Waals surface area contributed by atoms with E-state index in [9.17, 15) is 9.90 Å². The van der Waals surface area contributed by atoms with Gasteiger partial charge in [-0.15, -0.1) is 24.0 Å². The zero-order chi connectivity index (χ0) is 19.1. The molecule has 0 bridgehead atoms. The minimum Gasteiger partial charge on any atom is -0.459 e. The number of nitrogens with zero attached hydrogens (tertiary/aromatic N) is 4. The van der Waals surface area contributed by atoms with Gasteiger partial charge in [0.25, 0.3) is 5.91 Å². The van der Waals surface area contributed by atoms with Crippen molar-refractivity contribution in [3.05, 3.63) is 54.2 Å². The Morgan fingerprint density at radius 3 is 2.54 bits per heavy atom. The molecule has 9 heteroatoms. The maximum Gasteiger partial charge on any atom is 0.289 e. The molecule has 28 heavy (non-hydrogen) atoms. The second-order valence-electron chi connectivity index (χ2n) is 6.25. The molecule has 1 amide bonds. The lowest BCUT2D eigenvalue weighted by atomic mass is 10.1. The topological polar surface area (TPSA) is 94.2 Å². The molecule has 3 rings (SSSR count). The number of carbonyl (C=O) groups excluding carboxylic acids is 1. The number of aromatic nitrogens is 1. The molecule has 0 aliphatic carbocycles. The van der Waals surface area contributed by atoms with Crippen LogP contribution in [0.25, 0.3) is 0 Å². The number of pyridine rings is 1. The molecule has 8 nitrogen and oxygen atoms in total. The number of furan rings is 1. The van der Waals surface area contributed by atoms with E-state index in [1.54, 1.807) is 41.6 Å². The molecular weight excluding hydrogens is 473 g/mol. The Kier molecular flexibility index (Phi) is 8.71. The summed E-state index contributed by atoms with van der Waals surface area (Å²) in [5, 5.41) is 13.6. The summed E-state index contributed by atoms with van der Waals surface area (Å²) < 4.78 is 5.20. The van der Waals surface area contributed by atoms with Crippen LogP contribution in [0.15, 0.2) is 52.3 Å². The van der Waals surface area contributed by atoms with Crippen molar-refractivity contribution in [2.45, 2.75) is 13.0 Å². The molecule has 1 fully saturated rings. The van der Waals surface area contributed by atoms with Crippen LogP contribution in [0.1, 0.15) is 29.1 Å². The number of hydrogen-bond acceptors (Lipinski definition) is 5. The minimum atomic E-state index is -0.677. The monoisotopic (exact) mass is 499 g/mol. The summed E-state index contributed by atoms with van der Waals surface area (Å²) in [5.74, 6) is 1.02. The summed E-state index contributed by atoms with van der Waals surface area (Å²) in [6.07, 6.45) is 4.14. The van der Waals surface area contributed by atoms with E-state index >= 15 is 0 Å². The molecule has 0 aromatic carbocycles. The van der Waals surface area contributed by atoms with E-state index in [1.807, 2.05) is 6.92 Å². The normalized spacial score (nSPS) is 15.7. The Morgan fingerprint density at radius 1 is 1.25 bits per heavy atom. The highest BCUT2D eigenvalue weighted by Gasteiger charge is 2.25. The first-order chi connectivity index (χ1) is 13.2. The fourth-order valence-electron chi connectivity index (χ4n) is 2.97. The summed E-state index contributed by atoms with van der Waals surface area (Å²) in [6.45, 7) is 5.53. The standard InChI is InChI=1S/C19H25N5O3.HI/c1-2-21-19(22-14-16(25)15-5-7-20-8-6-15)24-11-9-23(10-12-24)18(26)17-4-3-13-27-17;/h3-8,13,16,25H,2,9-12,14H2,1H3,(H,21,22);1H. The second kappa shape index (κ2) is 11.0. The van der Waals surface area contributed by atoms with E-state index < -0.39 is 6.10 Å². The first kappa shape index (κ1) is 22.2. The van der Waals surface area contributed by atoms with Gasteiger partial charge in [-0.05, 0) is 36.8 Å². The third kappa shape index (κ3) is 5.68. The molecule has 0 radical (unpaired) electrons. The van der Waals surface area contributed by atoms with Crippen molar-refractivity contribution in [2.24, 2.45) is 4.99 Å². The summed E-state index contributed by atoms with van der Waals surface area (Å²) in [4.78, 5) is 24.8. The largest absolute Gasteiger partial charge is 0.459 e. The number of aliphatic hydroxyl groups is 1. The van der Waals surface area contributed by atoms with Crippen molar-refractivity contribution in [1.29, 1.82) is 0 Å². The molecule has 1 aliphatic heterocycles. The number of hydrogen-bond donors (Lipinski definition) is 2. The van der Waals surface area contributed by atoms with Gasteiger partial charge in [-0.2, -0.15) is 0 Å². The number of aliphatic hydroxyl groups excluding tert-OH is 1. The molecule has 152 valence electrons. The summed E-state index contributed by atoms with van der Waals surface area (Å²) in [6, 6.07) is 6.96. The van der Waals surface area contributed by atoms with Crippen LogP contribution < -0.4 is 5.32 Å². The summed E-state index contributed by atoms with van der Waals surface area (Å²) in [5.41, 5.74) is 0.790. The molecule has 0 saturated carbocycles. The van der Waals surface area contributed by atoms with Crippen molar-refractivity contribution in [1.82, 2.24) is 20.1 Å². The molecule has 2 aromatic heterocycles. The van der Waals surface area contributed by atoms with Crippen LogP contribution in [-0.4, -0.2) is 71.0 Å². The molecule has 2 aromatic rings. The highest BCUT2D eigenvalue weighted by Crippen LogP contribution is 2.13. The fraction of sp³-hybridized carbons (Fsp3) is 0.421. The number of nitrogens with one attached hydrogen (secondary N) is 1. The van der Waals surface area contributed by atoms with Crippen molar-refractivity contribution >= 4 is 35.8 Å². The van der Waals surface area contributed by atoms with Gasteiger partial charge in [0, 0.05) is 45.1 Å². The van der Waals surface area contributed by atoms with Gasteiger partial charge in [-0.1, -0.05) is 0 Å². The van der Waals surface area contributed by atoms with Crippen LogP contribution in [0.3, 0.4) is 0 Å².